The maximum absolute atomic E-state index is 11.6. The van der Waals surface area contributed by atoms with Gasteiger partial charge < -0.3 is 9.84 Å². The Bertz CT molecular complexity index is 502. The van der Waals surface area contributed by atoms with Crippen LogP contribution < -0.4 is 11.2 Å². The molecule has 0 amide bonds. The fraction of sp³-hybridized carbons (Fsp3) is 0.600. The lowest BCUT2D eigenvalue weighted by Gasteiger charge is -2.28. The number of aromatic nitrogens is 2. The highest BCUT2D eigenvalue weighted by Gasteiger charge is 2.23. The van der Waals surface area contributed by atoms with Crippen LogP contribution in [0.1, 0.15) is 19.1 Å². The zero-order chi connectivity index (χ0) is 12.4. The molecule has 0 spiro atoms. The van der Waals surface area contributed by atoms with Gasteiger partial charge in [0.15, 0.2) is 0 Å². The van der Waals surface area contributed by atoms with Crippen molar-refractivity contribution in [1.82, 2.24) is 9.55 Å². The Kier molecular flexibility index (Phi) is 4.00. The lowest BCUT2D eigenvalue weighted by molar-refractivity contribution is -0.0710. The molecule has 17 heavy (non-hydrogen) atoms. The Labute approximate surface area is 111 Å². The van der Waals surface area contributed by atoms with Crippen LogP contribution >= 0.6 is 22.6 Å². The van der Waals surface area contributed by atoms with Crippen LogP contribution in [0, 0.1) is 9.49 Å². The van der Waals surface area contributed by atoms with Crippen LogP contribution in [0.25, 0.3) is 0 Å². The van der Waals surface area contributed by atoms with Crippen LogP contribution in [0.15, 0.2) is 15.8 Å². The molecule has 7 heteroatoms. The monoisotopic (exact) mass is 352 g/mol. The van der Waals surface area contributed by atoms with Crippen molar-refractivity contribution in [1.29, 1.82) is 0 Å². The van der Waals surface area contributed by atoms with Gasteiger partial charge in [0.1, 0.15) is 6.23 Å². The Balaban J connectivity index is 2.22. The van der Waals surface area contributed by atoms with Crippen LogP contribution in [-0.4, -0.2) is 27.9 Å². The van der Waals surface area contributed by atoms with E-state index in [-0.39, 0.29) is 24.3 Å². The molecule has 0 radical (unpaired) electrons. The second-order valence-electron chi connectivity index (χ2n) is 4.06. The molecular formula is C10H13IN2O4. The summed E-state index contributed by atoms with van der Waals surface area (Å²) < 4.78 is 7.37. The van der Waals surface area contributed by atoms with Crippen LogP contribution in [0.2, 0.25) is 0 Å². The summed E-state index contributed by atoms with van der Waals surface area (Å²) in [5.74, 6) is 0.142. The summed E-state index contributed by atoms with van der Waals surface area (Å²) in [5, 5.41) is 8.99. The largest absolute Gasteiger partial charge is 0.396 e. The van der Waals surface area contributed by atoms with Gasteiger partial charge in [-0.3, -0.25) is 14.3 Å². The molecule has 2 N–H and O–H groups in total. The van der Waals surface area contributed by atoms with E-state index in [1.807, 2.05) is 22.6 Å². The maximum Gasteiger partial charge on any atom is 0.330 e. The van der Waals surface area contributed by atoms with Gasteiger partial charge in [-0.2, -0.15) is 0 Å². The number of aliphatic hydroxyl groups excluding tert-OH is 1. The summed E-state index contributed by atoms with van der Waals surface area (Å²) in [6.45, 7) is 0.536. The maximum atomic E-state index is 11.6. The van der Waals surface area contributed by atoms with Crippen molar-refractivity contribution in [2.75, 3.05) is 13.2 Å². The third-order valence-corrected chi connectivity index (χ3v) is 3.61. The highest BCUT2D eigenvalue weighted by Crippen LogP contribution is 2.24. The van der Waals surface area contributed by atoms with Crippen LogP contribution in [-0.2, 0) is 4.74 Å². The molecule has 6 nitrogen and oxygen atoms in total. The molecule has 0 saturated carbocycles. The van der Waals surface area contributed by atoms with E-state index < -0.39 is 5.69 Å². The molecule has 0 bridgehead atoms. The van der Waals surface area contributed by atoms with Gasteiger partial charge in [0.2, 0.25) is 0 Å². The third-order valence-electron chi connectivity index (χ3n) is 2.84. The zero-order valence-corrected chi connectivity index (χ0v) is 11.2. The lowest BCUT2D eigenvalue weighted by atomic mass is 10.0. The fourth-order valence-electron chi connectivity index (χ4n) is 1.83. The molecule has 2 rings (SSSR count). The quantitative estimate of drug-likeness (QED) is 0.738. The summed E-state index contributed by atoms with van der Waals surface area (Å²) in [6.07, 6.45) is 2.62. The summed E-state index contributed by atoms with van der Waals surface area (Å²) in [7, 11) is 0. The first-order chi connectivity index (χ1) is 8.11. The van der Waals surface area contributed by atoms with Gasteiger partial charge >= 0.3 is 5.69 Å². The second kappa shape index (κ2) is 5.32. The van der Waals surface area contributed by atoms with E-state index in [0.717, 1.165) is 6.42 Å². The first-order valence-electron chi connectivity index (χ1n) is 5.35. The average Bonchev–Trinajstić information content (AvgIpc) is 2.34. The molecule has 1 aromatic rings. The normalized spacial score (nSPS) is 24.8. The van der Waals surface area contributed by atoms with E-state index in [1.165, 1.54) is 10.8 Å². The lowest BCUT2D eigenvalue weighted by Crippen LogP contribution is -2.37. The van der Waals surface area contributed by atoms with Crippen LogP contribution in [0.4, 0.5) is 0 Å². The number of hydrogen-bond acceptors (Lipinski definition) is 4. The van der Waals surface area contributed by atoms with E-state index >= 15 is 0 Å². The van der Waals surface area contributed by atoms with E-state index in [4.69, 9.17) is 9.84 Å². The van der Waals surface area contributed by atoms with Crippen molar-refractivity contribution >= 4 is 22.6 Å². The number of aliphatic hydroxyl groups is 1. The Morgan fingerprint density at radius 1 is 1.53 bits per heavy atom. The topological polar surface area (TPSA) is 84.3 Å². The highest BCUT2D eigenvalue weighted by atomic mass is 127. The minimum atomic E-state index is -0.456. The highest BCUT2D eigenvalue weighted by molar-refractivity contribution is 14.1. The molecule has 2 atom stereocenters. The van der Waals surface area contributed by atoms with Crippen molar-refractivity contribution in [3.8, 4) is 0 Å². The van der Waals surface area contributed by atoms with Crippen molar-refractivity contribution in [3.63, 3.8) is 0 Å². The Morgan fingerprint density at radius 2 is 2.29 bits per heavy atom. The summed E-state index contributed by atoms with van der Waals surface area (Å²) in [4.78, 5) is 25.1. The third kappa shape index (κ3) is 2.78. The van der Waals surface area contributed by atoms with E-state index in [2.05, 4.69) is 4.98 Å². The first kappa shape index (κ1) is 12.8. The predicted octanol–water partition coefficient (Wildman–Crippen LogP) is 0.0587. The van der Waals surface area contributed by atoms with Gasteiger partial charge in [-0.1, -0.05) is 0 Å². The van der Waals surface area contributed by atoms with Gasteiger partial charge in [-0.05, 0) is 35.4 Å². The van der Waals surface area contributed by atoms with Crippen molar-refractivity contribution in [2.45, 2.75) is 19.1 Å². The van der Waals surface area contributed by atoms with Gasteiger partial charge in [-0.15, -0.1) is 0 Å². The van der Waals surface area contributed by atoms with Gasteiger partial charge in [-0.25, -0.2) is 4.79 Å². The number of ether oxygens (including phenoxy) is 1. The molecule has 0 aliphatic carbocycles. The molecule has 2 unspecified atom stereocenters. The standard InChI is InChI=1S/C10H13IN2O4/c11-7-3-13(10(16)12-9(7)15)8-2-1-6(4-14)5-17-8/h3,6,8,14H,1-2,4-5H2,(H,12,15,16). The fourth-order valence-corrected chi connectivity index (χ4v) is 2.27. The summed E-state index contributed by atoms with van der Waals surface area (Å²) in [6, 6.07) is 0. The molecule has 1 aliphatic rings. The molecule has 1 aromatic heterocycles. The van der Waals surface area contributed by atoms with Gasteiger partial charge in [0.25, 0.3) is 5.56 Å². The number of nitrogens with zero attached hydrogens (tertiary/aromatic N) is 1. The minimum Gasteiger partial charge on any atom is -0.396 e. The van der Waals surface area contributed by atoms with Crippen LogP contribution in [0.3, 0.4) is 0 Å². The molecule has 2 heterocycles. The molecule has 1 saturated heterocycles. The average molecular weight is 352 g/mol. The molecular weight excluding hydrogens is 339 g/mol. The number of H-pyrrole nitrogens is 1. The number of aromatic amines is 1. The Hall–Kier alpha value is -0.670. The summed E-state index contributed by atoms with van der Waals surface area (Å²) >= 11 is 1.88. The van der Waals surface area contributed by atoms with E-state index in [9.17, 15) is 9.59 Å². The van der Waals surface area contributed by atoms with Gasteiger partial charge in [0, 0.05) is 18.7 Å². The van der Waals surface area contributed by atoms with E-state index in [1.54, 1.807) is 0 Å². The smallest absolute Gasteiger partial charge is 0.330 e. The minimum absolute atomic E-state index is 0.102. The first-order valence-corrected chi connectivity index (χ1v) is 6.43. The number of rotatable bonds is 2. The predicted molar refractivity (Wildman–Crippen MR) is 68.8 cm³/mol. The van der Waals surface area contributed by atoms with Crippen molar-refractivity contribution in [3.05, 3.63) is 30.6 Å². The number of nitrogens with one attached hydrogen (secondary N) is 1. The molecule has 94 valence electrons. The van der Waals surface area contributed by atoms with Gasteiger partial charge in [0.05, 0.1) is 10.2 Å². The number of halogens is 1. The Morgan fingerprint density at radius 3 is 2.88 bits per heavy atom. The van der Waals surface area contributed by atoms with E-state index in [0.29, 0.717) is 16.6 Å². The molecule has 1 fully saturated rings. The summed E-state index contributed by atoms with van der Waals surface area (Å²) in [5.41, 5.74) is -0.834. The van der Waals surface area contributed by atoms with Crippen molar-refractivity contribution in [2.24, 2.45) is 5.92 Å². The number of hydrogen-bond donors (Lipinski definition) is 2. The molecule has 1 aliphatic heterocycles. The molecule has 0 aromatic carbocycles. The van der Waals surface area contributed by atoms with Crippen LogP contribution in [0.5, 0.6) is 0 Å². The second-order valence-corrected chi connectivity index (χ2v) is 5.22. The zero-order valence-electron chi connectivity index (χ0n) is 9.06. The SMILES string of the molecule is O=c1[nH]c(=O)n(C2CCC(CO)CO2)cc1I. The van der Waals surface area contributed by atoms with Crippen molar-refractivity contribution < 1.29 is 9.84 Å².